The van der Waals surface area contributed by atoms with Gasteiger partial charge >= 0.3 is 0 Å². The molecule has 0 atom stereocenters. The fourth-order valence-electron chi connectivity index (χ4n) is 1.55. The predicted octanol–water partition coefficient (Wildman–Crippen LogP) is 4.90. The predicted molar refractivity (Wildman–Crippen MR) is 65.1 cm³/mol. The molecule has 0 saturated heterocycles. The van der Waals surface area contributed by atoms with Crippen molar-refractivity contribution in [2.45, 2.75) is 59.8 Å². The van der Waals surface area contributed by atoms with Gasteiger partial charge in [0.05, 0.1) is 0 Å². The van der Waals surface area contributed by atoms with Crippen molar-refractivity contribution in [1.82, 2.24) is 6.15 Å². The molecule has 0 heterocycles. The summed E-state index contributed by atoms with van der Waals surface area (Å²) in [4.78, 5) is 0. The van der Waals surface area contributed by atoms with Gasteiger partial charge in [0.15, 0.2) is 0 Å². The van der Waals surface area contributed by atoms with Gasteiger partial charge in [-0.15, -0.1) is 12.4 Å². The molecule has 0 rings (SSSR count). The van der Waals surface area contributed by atoms with Crippen molar-refractivity contribution in [3.8, 4) is 0 Å². The Bertz CT molecular complexity index is 130. The van der Waals surface area contributed by atoms with Crippen molar-refractivity contribution in [3.05, 3.63) is 11.1 Å². The lowest BCUT2D eigenvalue weighted by Crippen LogP contribution is -1.87. The van der Waals surface area contributed by atoms with Crippen LogP contribution in [0.3, 0.4) is 0 Å². The Morgan fingerprint density at radius 1 is 0.923 bits per heavy atom. The molecule has 0 aliphatic carbocycles. The quantitative estimate of drug-likeness (QED) is 0.640. The first kappa shape index (κ1) is 18.7. The monoisotopic (exact) mass is 207 g/mol. The van der Waals surface area contributed by atoms with Gasteiger partial charge in [0, 0.05) is 0 Å². The van der Waals surface area contributed by atoms with Crippen molar-refractivity contribution in [1.29, 1.82) is 0 Å². The topological polar surface area (TPSA) is 35.0 Å². The Balaban J connectivity index is -0.000000500. The fourth-order valence-corrected chi connectivity index (χ4v) is 1.55. The van der Waals surface area contributed by atoms with Crippen LogP contribution in [0.15, 0.2) is 11.1 Å². The third-order valence-electron chi connectivity index (χ3n) is 2.21. The van der Waals surface area contributed by atoms with E-state index in [4.69, 9.17) is 0 Å². The highest BCUT2D eigenvalue weighted by atomic mass is 35.5. The number of rotatable bonds is 5. The van der Waals surface area contributed by atoms with E-state index in [1.165, 1.54) is 32.1 Å². The first-order valence-corrected chi connectivity index (χ1v) is 4.93. The van der Waals surface area contributed by atoms with E-state index in [1.54, 1.807) is 11.1 Å². The molecule has 0 saturated carbocycles. The molecule has 3 N–H and O–H groups in total. The molecule has 0 aliphatic heterocycles. The molecular weight excluding hydrogens is 182 g/mol. The third kappa shape index (κ3) is 8.32. The van der Waals surface area contributed by atoms with Crippen LogP contribution >= 0.6 is 12.4 Å². The van der Waals surface area contributed by atoms with Crippen LogP contribution in [-0.4, -0.2) is 0 Å². The van der Waals surface area contributed by atoms with Crippen molar-refractivity contribution >= 4 is 12.4 Å². The molecule has 0 spiro atoms. The summed E-state index contributed by atoms with van der Waals surface area (Å²) in [6.45, 7) is 9.07. The maximum atomic E-state index is 2.29. The summed E-state index contributed by atoms with van der Waals surface area (Å²) in [6, 6.07) is 0. The first-order valence-electron chi connectivity index (χ1n) is 4.93. The minimum absolute atomic E-state index is 0. The van der Waals surface area contributed by atoms with Gasteiger partial charge in [0.2, 0.25) is 0 Å². The summed E-state index contributed by atoms with van der Waals surface area (Å²) < 4.78 is 0. The standard InChI is InChI=1S/C11H22.ClH.H3N/c1-5-8-10(4)11(7-3)9-6-2;;/h5-9H2,1-4H3;1H;1H3. The molecule has 0 aromatic heterocycles. The maximum Gasteiger partial charge on any atom is -0.0320 e. The minimum atomic E-state index is 0. The van der Waals surface area contributed by atoms with E-state index >= 15 is 0 Å². The molecule has 82 valence electrons. The minimum Gasteiger partial charge on any atom is -0.344 e. The molecule has 0 fully saturated rings. The summed E-state index contributed by atoms with van der Waals surface area (Å²) in [5, 5.41) is 0. The highest BCUT2D eigenvalue weighted by molar-refractivity contribution is 5.85. The van der Waals surface area contributed by atoms with Crippen LogP contribution < -0.4 is 6.15 Å². The van der Waals surface area contributed by atoms with E-state index in [2.05, 4.69) is 27.7 Å². The second-order valence-electron chi connectivity index (χ2n) is 3.24. The van der Waals surface area contributed by atoms with Crippen LogP contribution in [0.2, 0.25) is 0 Å². The summed E-state index contributed by atoms with van der Waals surface area (Å²) in [5.74, 6) is 0. The van der Waals surface area contributed by atoms with E-state index in [1.807, 2.05) is 0 Å². The van der Waals surface area contributed by atoms with Crippen molar-refractivity contribution < 1.29 is 0 Å². The Morgan fingerprint density at radius 2 is 1.38 bits per heavy atom. The highest BCUT2D eigenvalue weighted by Gasteiger charge is 1.97. The average molecular weight is 208 g/mol. The van der Waals surface area contributed by atoms with Crippen LogP contribution in [-0.2, 0) is 0 Å². The normalized spacial score (nSPS) is 11.1. The van der Waals surface area contributed by atoms with Crippen LogP contribution in [0.1, 0.15) is 59.8 Å². The molecular formula is C11H26ClN. The molecule has 1 nitrogen and oxygen atoms in total. The second-order valence-corrected chi connectivity index (χ2v) is 3.24. The van der Waals surface area contributed by atoms with Gasteiger partial charge < -0.3 is 6.15 Å². The largest absolute Gasteiger partial charge is 0.344 e. The molecule has 13 heavy (non-hydrogen) atoms. The fraction of sp³-hybridized carbons (Fsp3) is 0.818. The highest BCUT2D eigenvalue weighted by Crippen LogP contribution is 2.18. The average Bonchev–Trinajstić information content (AvgIpc) is 2.00. The van der Waals surface area contributed by atoms with Gasteiger partial charge in [-0.3, -0.25) is 0 Å². The molecule has 0 radical (unpaired) electrons. The Hall–Kier alpha value is -0.0100. The van der Waals surface area contributed by atoms with Gasteiger partial charge in [-0.2, -0.15) is 0 Å². The van der Waals surface area contributed by atoms with Gasteiger partial charge in [-0.25, -0.2) is 0 Å². The van der Waals surface area contributed by atoms with E-state index in [9.17, 15) is 0 Å². The van der Waals surface area contributed by atoms with E-state index < -0.39 is 0 Å². The second kappa shape index (κ2) is 12.0. The molecule has 0 bridgehead atoms. The van der Waals surface area contributed by atoms with E-state index in [-0.39, 0.29) is 18.6 Å². The lowest BCUT2D eigenvalue weighted by molar-refractivity contribution is 0.803. The Kier molecular flexibility index (Phi) is 17.3. The Labute approximate surface area is 90.0 Å². The zero-order valence-corrected chi connectivity index (χ0v) is 10.5. The van der Waals surface area contributed by atoms with Gasteiger partial charge in [-0.05, 0) is 26.2 Å². The van der Waals surface area contributed by atoms with Crippen LogP contribution in [0, 0.1) is 0 Å². The van der Waals surface area contributed by atoms with Crippen molar-refractivity contribution in [2.24, 2.45) is 0 Å². The molecule has 0 unspecified atom stereocenters. The molecule has 0 aromatic rings. The number of hydrogen-bond donors (Lipinski definition) is 1. The SMILES string of the molecule is CCCC(C)=C(CC)CCC.Cl.N. The Morgan fingerprint density at radius 3 is 1.69 bits per heavy atom. The summed E-state index contributed by atoms with van der Waals surface area (Å²) in [6.07, 6.45) is 6.44. The van der Waals surface area contributed by atoms with Gasteiger partial charge in [0.25, 0.3) is 0 Å². The van der Waals surface area contributed by atoms with Crippen molar-refractivity contribution in [2.75, 3.05) is 0 Å². The van der Waals surface area contributed by atoms with Gasteiger partial charge in [-0.1, -0.05) is 44.8 Å². The molecule has 0 amide bonds. The third-order valence-corrected chi connectivity index (χ3v) is 2.21. The smallest absolute Gasteiger partial charge is 0.0320 e. The lowest BCUT2D eigenvalue weighted by Gasteiger charge is -2.07. The van der Waals surface area contributed by atoms with E-state index in [0.717, 1.165) is 0 Å². The zero-order chi connectivity index (χ0) is 8.69. The van der Waals surface area contributed by atoms with Crippen molar-refractivity contribution in [3.63, 3.8) is 0 Å². The van der Waals surface area contributed by atoms with Crippen LogP contribution in [0.4, 0.5) is 0 Å². The first-order chi connectivity index (χ1) is 5.26. The van der Waals surface area contributed by atoms with Crippen LogP contribution in [0.5, 0.6) is 0 Å². The maximum absolute atomic E-state index is 2.29. The molecule has 2 heteroatoms. The number of allylic oxidation sites excluding steroid dienone is 2. The number of hydrogen-bond acceptors (Lipinski definition) is 1. The summed E-state index contributed by atoms with van der Waals surface area (Å²) in [7, 11) is 0. The zero-order valence-electron chi connectivity index (χ0n) is 9.65. The van der Waals surface area contributed by atoms with Gasteiger partial charge in [0.1, 0.15) is 0 Å². The summed E-state index contributed by atoms with van der Waals surface area (Å²) in [5.41, 5.74) is 3.33. The lowest BCUT2D eigenvalue weighted by atomic mass is 9.99. The molecule has 0 aromatic carbocycles. The summed E-state index contributed by atoms with van der Waals surface area (Å²) >= 11 is 0. The number of halogens is 1. The van der Waals surface area contributed by atoms with E-state index in [0.29, 0.717) is 0 Å². The molecule has 0 aliphatic rings. The van der Waals surface area contributed by atoms with Crippen LogP contribution in [0.25, 0.3) is 0 Å².